The molecule has 0 aliphatic rings. The fourth-order valence-corrected chi connectivity index (χ4v) is 3.11. The van der Waals surface area contributed by atoms with E-state index in [1.807, 2.05) is 6.08 Å². The van der Waals surface area contributed by atoms with Gasteiger partial charge in [0.15, 0.2) is 0 Å². The molecule has 142 valence electrons. The van der Waals surface area contributed by atoms with Gasteiger partial charge in [0.25, 0.3) is 0 Å². The molecule has 0 aliphatic carbocycles. The summed E-state index contributed by atoms with van der Waals surface area (Å²) in [7, 11) is 0. The van der Waals surface area contributed by atoms with E-state index < -0.39 is 0 Å². The van der Waals surface area contributed by atoms with Crippen molar-refractivity contribution in [1.29, 1.82) is 0 Å². The number of carbonyl (C=O) groups is 1. The van der Waals surface area contributed by atoms with Gasteiger partial charge in [0.2, 0.25) is 0 Å². The normalized spacial score (nSPS) is 14.7. The monoisotopic (exact) mass is 338 g/mol. The van der Waals surface area contributed by atoms with Gasteiger partial charge < -0.3 is 4.74 Å². The van der Waals surface area contributed by atoms with Crippen molar-refractivity contribution in [2.24, 2.45) is 17.8 Å². The van der Waals surface area contributed by atoms with Gasteiger partial charge in [-0.15, -0.1) is 0 Å². The highest BCUT2D eigenvalue weighted by Gasteiger charge is 2.06. The number of rotatable bonds is 14. The van der Waals surface area contributed by atoms with E-state index in [4.69, 9.17) is 4.74 Å². The van der Waals surface area contributed by atoms with Crippen molar-refractivity contribution in [2.75, 3.05) is 6.61 Å². The molecule has 0 aromatic heterocycles. The molecular weight excluding hydrogens is 296 g/mol. The van der Waals surface area contributed by atoms with E-state index in [2.05, 4.69) is 34.6 Å². The summed E-state index contributed by atoms with van der Waals surface area (Å²) >= 11 is 0. The Morgan fingerprint density at radius 1 is 0.833 bits per heavy atom. The third kappa shape index (κ3) is 16.1. The molecule has 2 unspecified atom stereocenters. The number of hydrogen-bond acceptors (Lipinski definition) is 2. The molecule has 0 saturated heterocycles. The minimum atomic E-state index is -0.203. The predicted octanol–water partition coefficient (Wildman–Crippen LogP) is 6.93. The highest BCUT2D eigenvalue weighted by atomic mass is 16.5. The first kappa shape index (κ1) is 23.2. The van der Waals surface area contributed by atoms with Crippen LogP contribution in [0.4, 0.5) is 0 Å². The second-order valence-corrected chi connectivity index (χ2v) is 8.21. The Kier molecular flexibility index (Phi) is 14.1. The Labute approximate surface area is 151 Å². The minimum Gasteiger partial charge on any atom is -0.462 e. The fourth-order valence-electron chi connectivity index (χ4n) is 3.11. The molecule has 0 aromatic rings. The van der Waals surface area contributed by atoms with Crippen molar-refractivity contribution < 1.29 is 9.53 Å². The van der Waals surface area contributed by atoms with Crippen LogP contribution >= 0.6 is 0 Å². The topological polar surface area (TPSA) is 26.3 Å². The Morgan fingerprint density at radius 2 is 1.33 bits per heavy atom. The van der Waals surface area contributed by atoms with E-state index in [1.54, 1.807) is 0 Å². The molecule has 24 heavy (non-hydrogen) atoms. The number of carbonyl (C=O) groups excluding carboxylic acids is 1. The quantitative estimate of drug-likeness (QED) is 0.253. The summed E-state index contributed by atoms with van der Waals surface area (Å²) in [4.78, 5) is 10.7. The first-order chi connectivity index (χ1) is 11.3. The van der Waals surface area contributed by atoms with Crippen LogP contribution in [0.5, 0.6) is 0 Å². The second kappa shape index (κ2) is 14.5. The average molecular weight is 339 g/mol. The first-order valence-electron chi connectivity index (χ1n) is 10.1. The molecule has 0 saturated carbocycles. The van der Waals surface area contributed by atoms with Crippen LogP contribution < -0.4 is 0 Å². The van der Waals surface area contributed by atoms with Crippen LogP contribution in [-0.4, -0.2) is 12.6 Å². The summed E-state index contributed by atoms with van der Waals surface area (Å²) in [6, 6.07) is 0. The predicted molar refractivity (Wildman–Crippen MR) is 105 cm³/mol. The zero-order valence-corrected chi connectivity index (χ0v) is 17.2. The summed E-state index contributed by atoms with van der Waals surface area (Å²) in [5, 5.41) is 0. The summed E-state index contributed by atoms with van der Waals surface area (Å²) in [6.07, 6.45) is 14.0. The SMILES string of the molecule is CC(=O)OC/C=C(/C)CCCC(C)CCCC(C)CCCC(C)C. The molecule has 2 atom stereocenters. The van der Waals surface area contributed by atoms with Gasteiger partial charge in [-0.1, -0.05) is 78.2 Å². The second-order valence-electron chi connectivity index (χ2n) is 8.21. The van der Waals surface area contributed by atoms with E-state index in [0.29, 0.717) is 6.61 Å². The lowest BCUT2D eigenvalue weighted by molar-refractivity contribution is -0.139. The molecular formula is C22H42O2. The molecule has 0 heterocycles. The molecule has 0 aliphatic heterocycles. The highest BCUT2D eigenvalue weighted by Crippen LogP contribution is 2.21. The fraction of sp³-hybridized carbons (Fsp3) is 0.864. The molecule has 0 radical (unpaired) electrons. The van der Waals surface area contributed by atoms with Crippen molar-refractivity contribution >= 4 is 5.97 Å². The average Bonchev–Trinajstić information content (AvgIpc) is 2.46. The van der Waals surface area contributed by atoms with E-state index in [1.165, 1.54) is 63.9 Å². The number of esters is 1. The Morgan fingerprint density at radius 3 is 1.83 bits per heavy atom. The summed E-state index contributed by atoms with van der Waals surface area (Å²) in [5.74, 6) is 2.37. The van der Waals surface area contributed by atoms with Crippen LogP contribution in [0.25, 0.3) is 0 Å². The molecule has 0 aromatic carbocycles. The number of allylic oxidation sites excluding steroid dienone is 1. The van der Waals surface area contributed by atoms with Gasteiger partial charge in [-0.25, -0.2) is 0 Å². The summed E-state index contributed by atoms with van der Waals surface area (Å²) < 4.78 is 4.94. The zero-order valence-electron chi connectivity index (χ0n) is 17.2. The van der Waals surface area contributed by atoms with Crippen molar-refractivity contribution in [3.8, 4) is 0 Å². The van der Waals surface area contributed by atoms with Gasteiger partial charge in [0.05, 0.1) is 0 Å². The van der Waals surface area contributed by atoms with Gasteiger partial charge >= 0.3 is 5.97 Å². The zero-order chi connectivity index (χ0) is 18.4. The molecule has 2 nitrogen and oxygen atoms in total. The van der Waals surface area contributed by atoms with E-state index in [-0.39, 0.29) is 5.97 Å². The van der Waals surface area contributed by atoms with Gasteiger partial charge in [-0.3, -0.25) is 4.79 Å². The largest absolute Gasteiger partial charge is 0.462 e. The summed E-state index contributed by atoms with van der Waals surface area (Å²) in [5.41, 5.74) is 1.34. The van der Waals surface area contributed by atoms with Gasteiger partial charge in [-0.2, -0.15) is 0 Å². The third-order valence-corrected chi connectivity index (χ3v) is 4.86. The molecule has 0 N–H and O–H groups in total. The van der Waals surface area contributed by atoms with Crippen LogP contribution in [0, 0.1) is 17.8 Å². The smallest absolute Gasteiger partial charge is 0.302 e. The van der Waals surface area contributed by atoms with Crippen molar-refractivity contribution in [2.45, 2.75) is 99.3 Å². The Balaban J connectivity index is 3.61. The third-order valence-electron chi connectivity index (χ3n) is 4.86. The van der Waals surface area contributed by atoms with Gasteiger partial charge in [-0.05, 0) is 43.6 Å². The van der Waals surface area contributed by atoms with Gasteiger partial charge in [0, 0.05) is 6.92 Å². The van der Waals surface area contributed by atoms with Crippen LogP contribution in [0.1, 0.15) is 99.3 Å². The lowest BCUT2D eigenvalue weighted by atomic mass is 9.91. The number of hydrogen-bond donors (Lipinski definition) is 0. The van der Waals surface area contributed by atoms with Gasteiger partial charge in [0.1, 0.15) is 6.61 Å². The van der Waals surface area contributed by atoms with E-state index in [9.17, 15) is 4.79 Å². The van der Waals surface area contributed by atoms with Crippen LogP contribution in [0.15, 0.2) is 11.6 Å². The molecule has 0 fully saturated rings. The Hall–Kier alpha value is -0.790. The van der Waals surface area contributed by atoms with E-state index >= 15 is 0 Å². The standard InChI is InChI=1S/C22H42O2/c1-18(2)10-7-11-19(3)12-8-13-20(4)14-9-15-21(5)16-17-24-22(6)23/h16,18-20H,7-15,17H2,1-6H3/b21-16-. The first-order valence-corrected chi connectivity index (χ1v) is 10.1. The molecule has 0 amide bonds. The van der Waals surface area contributed by atoms with Crippen molar-refractivity contribution in [1.82, 2.24) is 0 Å². The maximum atomic E-state index is 10.7. The molecule has 0 bridgehead atoms. The minimum absolute atomic E-state index is 0.203. The lowest BCUT2D eigenvalue weighted by Gasteiger charge is -2.15. The summed E-state index contributed by atoms with van der Waals surface area (Å²) in [6.45, 7) is 13.5. The van der Waals surface area contributed by atoms with E-state index in [0.717, 1.165) is 24.2 Å². The van der Waals surface area contributed by atoms with Crippen LogP contribution in [0.2, 0.25) is 0 Å². The van der Waals surface area contributed by atoms with Crippen molar-refractivity contribution in [3.05, 3.63) is 11.6 Å². The van der Waals surface area contributed by atoms with Crippen molar-refractivity contribution in [3.63, 3.8) is 0 Å². The Bertz CT molecular complexity index is 344. The lowest BCUT2D eigenvalue weighted by Crippen LogP contribution is -2.00. The number of ether oxygens (including phenoxy) is 1. The highest BCUT2D eigenvalue weighted by molar-refractivity contribution is 5.66. The molecule has 0 spiro atoms. The molecule has 0 rings (SSSR count). The van der Waals surface area contributed by atoms with Crippen LogP contribution in [-0.2, 0) is 9.53 Å². The van der Waals surface area contributed by atoms with Crippen LogP contribution in [0.3, 0.4) is 0 Å². The maximum Gasteiger partial charge on any atom is 0.302 e. The molecule has 2 heteroatoms. The maximum absolute atomic E-state index is 10.7.